The first kappa shape index (κ1) is 46.5. The van der Waals surface area contributed by atoms with E-state index in [1.807, 2.05) is 130 Å². The van der Waals surface area contributed by atoms with Crippen molar-refractivity contribution in [3.63, 3.8) is 0 Å². The van der Waals surface area contributed by atoms with Gasteiger partial charge in [-0.1, -0.05) is 117 Å². The minimum Gasteiger partial charge on any atom is -0.497 e. The number of carbonyl (C=O) groups excluding carboxylic acids is 2. The van der Waals surface area contributed by atoms with E-state index < -0.39 is 54.6 Å². The lowest BCUT2D eigenvalue weighted by atomic mass is 9.77. The first-order valence-corrected chi connectivity index (χ1v) is 23.4. The van der Waals surface area contributed by atoms with Crippen LogP contribution in [0.3, 0.4) is 0 Å². The van der Waals surface area contributed by atoms with Gasteiger partial charge >= 0.3 is 19.6 Å². The van der Waals surface area contributed by atoms with Gasteiger partial charge in [0.25, 0.3) is 0 Å². The fourth-order valence-electron chi connectivity index (χ4n) is 7.61. The summed E-state index contributed by atoms with van der Waals surface area (Å²) in [5, 5.41) is 6.50. The summed E-state index contributed by atoms with van der Waals surface area (Å²) < 4.78 is 56.0. The van der Waals surface area contributed by atoms with Crippen LogP contribution < -0.4 is 25.6 Å². The molecule has 64 heavy (non-hydrogen) atoms. The summed E-state index contributed by atoms with van der Waals surface area (Å²) in [6, 6.07) is 35.9. The number of methoxy groups -OCH3 is 2. The second-order valence-electron chi connectivity index (χ2n) is 16.1. The van der Waals surface area contributed by atoms with E-state index in [0.717, 1.165) is 34.0 Å². The Balaban J connectivity index is 1.15. The lowest BCUT2D eigenvalue weighted by Crippen LogP contribution is -2.45. The number of hydrogen-bond acceptors (Lipinski definition) is 14. The standard InChI is InChI=1S/C47H53N4O11PS/c1-7-45(2,3)42(52)64-29-28-58-63(55,48-30-32-14-10-8-11-15-32)59-31-38-40-46(4,62-44(54)61-40)41(60-38)51-27-26-39(49-43(51)53)50-47(33-16-12-9-13-17-33,34-18-22-36(56-5)23-19-34)35-20-24-37(57-6)25-21-35/h8-27,38,40-41H,7,28-31H2,1-6H3,(H,48,55)(H,49,50,53)/t38-,40-,41-,46-,63?/m1/s1. The SMILES string of the molecule is CCC(C)(C)C(=O)SCCOP(=O)(NCc1ccccc1)OC[C@H]1O[C@@H](n2ccc(NC(c3ccccc3)(c3ccc(OC)cc3)c3ccc(OC)cc3)nc2=O)[C@]2(C)OC(=O)O[C@H]12. The first-order valence-electron chi connectivity index (χ1n) is 20.9. The third-order valence-corrected chi connectivity index (χ3v) is 14.4. The van der Waals surface area contributed by atoms with Crippen LogP contribution in [0.15, 0.2) is 126 Å². The maximum atomic E-state index is 14.3. The smallest absolute Gasteiger partial charge is 0.497 e. The molecule has 3 heterocycles. The van der Waals surface area contributed by atoms with Crippen molar-refractivity contribution in [2.45, 2.75) is 70.2 Å². The Morgan fingerprint density at radius 3 is 2.03 bits per heavy atom. The van der Waals surface area contributed by atoms with Crippen LogP contribution in [0, 0.1) is 5.41 Å². The van der Waals surface area contributed by atoms with E-state index in [0.29, 0.717) is 17.9 Å². The van der Waals surface area contributed by atoms with Gasteiger partial charge in [0.1, 0.15) is 29.0 Å². The number of nitrogens with one attached hydrogen (secondary N) is 2. The van der Waals surface area contributed by atoms with E-state index in [1.165, 1.54) is 10.8 Å². The van der Waals surface area contributed by atoms with Crippen LogP contribution in [0.25, 0.3) is 0 Å². The molecule has 0 saturated carbocycles. The molecule has 2 saturated heterocycles. The van der Waals surface area contributed by atoms with Crippen molar-refractivity contribution in [1.82, 2.24) is 14.6 Å². The summed E-state index contributed by atoms with van der Waals surface area (Å²) >= 11 is 1.10. The number of benzene rings is 4. The van der Waals surface area contributed by atoms with Gasteiger partial charge in [-0.3, -0.25) is 18.4 Å². The molecular weight excluding hydrogens is 860 g/mol. The highest BCUT2D eigenvalue weighted by molar-refractivity contribution is 8.13. The number of aromatic nitrogens is 2. The van der Waals surface area contributed by atoms with Crippen LogP contribution in [-0.4, -0.2) is 71.8 Å². The fraction of sp³-hybridized carbons (Fsp3) is 0.362. The van der Waals surface area contributed by atoms with Gasteiger partial charge < -0.3 is 29.0 Å². The molecule has 0 bridgehead atoms. The first-order chi connectivity index (χ1) is 30.7. The van der Waals surface area contributed by atoms with Gasteiger partial charge in [0.05, 0.1) is 27.4 Å². The average Bonchev–Trinajstić information content (AvgIpc) is 3.77. The van der Waals surface area contributed by atoms with Crippen LogP contribution in [0.1, 0.15) is 62.6 Å². The third kappa shape index (κ3) is 9.92. The molecule has 0 amide bonds. The summed E-state index contributed by atoms with van der Waals surface area (Å²) in [5.41, 5.74) is -0.490. The predicted octanol–water partition coefficient (Wildman–Crippen LogP) is 8.48. The van der Waals surface area contributed by atoms with Crippen molar-refractivity contribution in [2.24, 2.45) is 5.41 Å². The maximum absolute atomic E-state index is 14.3. The molecule has 15 nitrogen and oxygen atoms in total. The van der Waals surface area contributed by atoms with Gasteiger partial charge in [-0.25, -0.2) is 19.2 Å². The van der Waals surface area contributed by atoms with E-state index >= 15 is 0 Å². The number of hydrogen-bond donors (Lipinski definition) is 2. The molecule has 2 aliphatic rings. The molecule has 1 aromatic heterocycles. The molecule has 5 aromatic rings. The lowest BCUT2D eigenvalue weighted by molar-refractivity contribution is -0.118. The molecule has 0 aliphatic carbocycles. The van der Waals surface area contributed by atoms with E-state index in [1.54, 1.807) is 27.2 Å². The zero-order chi connectivity index (χ0) is 45.5. The average molecular weight is 913 g/mol. The molecule has 0 spiro atoms. The van der Waals surface area contributed by atoms with Crippen molar-refractivity contribution < 1.29 is 46.9 Å². The second kappa shape index (κ2) is 19.7. The Hall–Kier alpha value is -5.48. The monoisotopic (exact) mass is 912 g/mol. The van der Waals surface area contributed by atoms with Crippen molar-refractivity contribution in [2.75, 3.05) is 38.5 Å². The summed E-state index contributed by atoms with van der Waals surface area (Å²) in [6.45, 7) is 6.99. The fourth-order valence-corrected chi connectivity index (χ4v) is 9.93. The molecule has 2 N–H and O–H groups in total. The topological polar surface area (TPSA) is 175 Å². The van der Waals surface area contributed by atoms with Crippen LogP contribution in [0.5, 0.6) is 11.5 Å². The number of anilines is 1. The van der Waals surface area contributed by atoms with E-state index in [9.17, 15) is 18.9 Å². The number of rotatable bonds is 20. The van der Waals surface area contributed by atoms with Crippen LogP contribution >= 0.6 is 19.5 Å². The number of nitrogens with zero attached hydrogens (tertiary/aromatic N) is 2. The molecule has 338 valence electrons. The van der Waals surface area contributed by atoms with Crippen molar-refractivity contribution in [3.8, 4) is 11.5 Å². The van der Waals surface area contributed by atoms with E-state index in [4.69, 9.17) is 32.7 Å². The Bertz CT molecular complexity index is 2450. The minimum atomic E-state index is -4.07. The molecule has 2 aliphatic heterocycles. The van der Waals surface area contributed by atoms with Gasteiger partial charge in [-0.2, -0.15) is 4.98 Å². The molecular formula is C47H53N4O11PS. The second-order valence-corrected chi connectivity index (χ2v) is 19.0. The molecule has 5 atom stereocenters. The Labute approximate surface area is 376 Å². The Morgan fingerprint density at radius 1 is 0.859 bits per heavy atom. The predicted molar refractivity (Wildman–Crippen MR) is 242 cm³/mol. The zero-order valence-corrected chi connectivity index (χ0v) is 38.3. The third-order valence-electron chi connectivity index (χ3n) is 11.6. The van der Waals surface area contributed by atoms with Gasteiger partial charge in [0.2, 0.25) is 0 Å². The van der Waals surface area contributed by atoms with Gasteiger partial charge in [-0.15, -0.1) is 0 Å². The minimum absolute atomic E-state index is 0.00197. The molecule has 7 rings (SSSR count). The van der Waals surface area contributed by atoms with E-state index in [2.05, 4.69) is 15.4 Å². The summed E-state index contributed by atoms with van der Waals surface area (Å²) in [7, 11) is -0.869. The Morgan fingerprint density at radius 2 is 1.45 bits per heavy atom. The normalized spacial score (nSPS) is 20.4. The number of fused-ring (bicyclic) bond motifs is 1. The largest absolute Gasteiger partial charge is 0.509 e. The summed E-state index contributed by atoms with van der Waals surface area (Å²) in [5.74, 6) is 1.81. The number of thioether (sulfide) groups is 1. The molecule has 1 unspecified atom stereocenters. The summed E-state index contributed by atoms with van der Waals surface area (Å²) in [6.07, 6.45) is -2.14. The quantitative estimate of drug-likeness (QED) is 0.0329. The van der Waals surface area contributed by atoms with Gasteiger partial charge in [0, 0.05) is 23.9 Å². The summed E-state index contributed by atoms with van der Waals surface area (Å²) in [4.78, 5) is 44.2. The zero-order valence-electron chi connectivity index (χ0n) is 36.6. The van der Waals surface area contributed by atoms with Crippen molar-refractivity contribution in [3.05, 3.63) is 154 Å². The number of ether oxygens (including phenoxy) is 5. The molecule has 17 heteroatoms. The van der Waals surface area contributed by atoms with Crippen LogP contribution in [0.4, 0.5) is 10.6 Å². The van der Waals surface area contributed by atoms with Gasteiger partial charge in [-0.05, 0) is 65.9 Å². The highest BCUT2D eigenvalue weighted by atomic mass is 32.2. The molecule has 4 aromatic carbocycles. The number of carbonyl (C=O) groups is 2. The van der Waals surface area contributed by atoms with Gasteiger partial charge in [0.15, 0.2) is 23.0 Å². The maximum Gasteiger partial charge on any atom is 0.509 e. The lowest BCUT2D eigenvalue weighted by Gasteiger charge is -2.37. The highest BCUT2D eigenvalue weighted by Crippen LogP contribution is 2.50. The molecule has 2 fully saturated rings. The van der Waals surface area contributed by atoms with Crippen LogP contribution in [0.2, 0.25) is 0 Å². The van der Waals surface area contributed by atoms with E-state index in [-0.39, 0.29) is 36.4 Å². The van der Waals surface area contributed by atoms with Crippen molar-refractivity contribution >= 4 is 36.6 Å². The van der Waals surface area contributed by atoms with Crippen molar-refractivity contribution in [1.29, 1.82) is 0 Å². The highest BCUT2D eigenvalue weighted by Gasteiger charge is 2.64. The Kier molecular flexibility index (Phi) is 14.3. The molecule has 0 radical (unpaired) electrons. The van der Waals surface area contributed by atoms with Crippen LogP contribution in [-0.2, 0) is 44.7 Å².